The molecule has 3 nitrogen and oxygen atoms in total. The molecule has 0 bridgehead atoms. The summed E-state index contributed by atoms with van der Waals surface area (Å²) in [7, 11) is 0. The molecule has 1 N–H and O–H groups in total. The SMILES string of the molecule is Cc1ccc(SOOO)c(C)c1. The quantitative estimate of drug-likeness (QED) is 0.447. The maximum Gasteiger partial charge on any atom is 0.0717 e. The van der Waals surface area contributed by atoms with Crippen LogP contribution in [0.5, 0.6) is 0 Å². The minimum atomic E-state index is 0.926. The first kappa shape index (κ1) is 9.54. The molecule has 0 aromatic heterocycles. The van der Waals surface area contributed by atoms with E-state index in [1.165, 1.54) is 5.56 Å². The van der Waals surface area contributed by atoms with Crippen LogP contribution in [0, 0.1) is 13.8 Å². The summed E-state index contributed by atoms with van der Waals surface area (Å²) in [5, 5.41) is 11.4. The maximum atomic E-state index is 7.93. The molecular weight excluding hydrogens is 176 g/mol. The molecule has 0 amide bonds. The molecule has 66 valence electrons. The molecule has 0 saturated heterocycles. The predicted octanol–water partition coefficient (Wildman–Crippen LogP) is 2.73. The highest BCUT2D eigenvalue weighted by molar-refractivity contribution is 7.94. The van der Waals surface area contributed by atoms with E-state index in [-0.39, 0.29) is 0 Å². The monoisotopic (exact) mass is 186 g/mol. The van der Waals surface area contributed by atoms with Crippen molar-refractivity contribution in [3.63, 3.8) is 0 Å². The fraction of sp³-hybridized carbons (Fsp3) is 0.250. The molecule has 0 radical (unpaired) electrons. The average Bonchev–Trinajstić information content (AvgIpc) is 2.03. The van der Waals surface area contributed by atoms with Crippen LogP contribution in [0.2, 0.25) is 0 Å². The van der Waals surface area contributed by atoms with E-state index in [4.69, 9.17) is 5.26 Å². The van der Waals surface area contributed by atoms with Crippen molar-refractivity contribution in [1.29, 1.82) is 0 Å². The summed E-state index contributed by atoms with van der Waals surface area (Å²) in [4.78, 5) is 0.926. The van der Waals surface area contributed by atoms with Gasteiger partial charge in [0.1, 0.15) is 0 Å². The first-order chi connectivity index (χ1) is 5.74. The second-order valence-electron chi connectivity index (χ2n) is 2.49. The Balaban J connectivity index is 2.72. The lowest BCUT2D eigenvalue weighted by atomic mass is 10.2. The average molecular weight is 186 g/mol. The fourth-order valence-electron chi connectivity index (χ4n) is 0.945. The van der Waals surface area contributed by atoms with Gasteiger partial charge in [-0.2, -0.15) is 0 Å². The maximum absolute atomic E-state index is 7.93. The van der Waals surface area contributed by atoms with E-state index in [0.717, 1.165) is 22.5 Å². The van der Waals surface area contributed by atoms with Gasteiger partial charge in [0.15, 0.2) is 0 Å². The molecule has 0 heterocycles. The van der Waals surface area contributed by atoms with Crippen molar-refractivity contribution >= 4 is 12.0 Å². The minimum absolute atomic E-state index is 0.926. The van der Waals surface area contributed by atoms with E-state index >= 15 is 0 Å². The summed E-state index contributed by atoms with van der Waals surface area (Å²) < 4.78 is 4.31. The molecule has 1 aromatic carbocycles. The summed E-state index contributed by atoms with van der Waals surface area (Å²) in [6, 6.07) is 5.91. The Hall–Kier alpha value is -0.550. The zero-order chi connectivity index (χ0) is 8.97. The van der Waals surface area contributed by atoms with Crippen molar-refractivity contribution in [2.45, 2.75) is 18.7 Å². The van der Waals surface area contributed by atoms with Crippen molar-refractivity contribution in [2.24, 2.45) is 0 Å². The molecule has 1 rings (SSSR count). The van der Waals surface area contributed by atoms with Gasteiger partial charge in [-0.3, -0.25) is 0 Å². The van der Waals surface area contributed by atoms with Gasteiger partial charge in [-0.1, -0.05) is 22.7 Å². The molecule has 0 atom stereocenters. The molecule has 0 unspecified atom stereocenters. The molecule has 0 aliphatic rings. The predicted molar refractivity (Wildman–Crippen MR) is 46.6 cm³/mol. The van der Waals surface area contributed by atoms with Gasteiger partial charge in [0, 0.05) is 4.90 Å². The van der Waals surface area contributed by atoms with Gasteiger partial charge in [-0.15, -0.1) is 4.33 Å². The normalized spacial score (nSPS) is 10.2. The highest BCUT2D eigenvalue weighted by Crippen LogP contribution is 2.23. The second-order valence-corrected chi connectivity index (χ2v) is 3.24. The number of benzene rings is 1. The fourth-order valence-corrected chi connectivity index (χ4v) is 1.36. The van der Waals surface area contributed by atoms with Gasteiger partial charge in [-0.05, 0) is 25.5 Å². The minimum Gasteiger partial charge on any atom is -0.220 e. The van der Waals surface area contributed by atoms with Crippen LogP contribution in [0.1, 0.15) is 11.1 Å². The second kappa shape index (κ2) is 4.47. The topological polar surface area (TPSA) is 38.7 Å². The Kier molecular flexibility index (Phi) is 3.55. The van der Waals surface area contributed by atoms with Crippen molar-refractivity contribution in [3.05, 3.63) is 29.3 Å². The van der Waals surface area contributed by atoms with Gasteiger partial charge in [-0.25, -0.2) is 5.26 Å². The van der Waals surface area contributed by atoms with Crippen LogP contribution < -0.4 is 0 Å². The smallest absolute Gasteiger partial charge is 0.0717 e. The Labute approximate surface area is 75.4 Å². The molecule has 0 saturated carbocycles. The Morgan fingerprint density at radius 1 is 1.33 bits per heavy atom. The number of rotatable bonds is 3. The van der Waals surface area contributed by atoms with E-state index in [9.17, 15) is 0 Å². The van der Waals surface area contributed by atoms with Gasteiger partial charge < -0.3 is 0 Å². The molecule has 0 aliphatic heterocycles. The van der Waals surface area contributed by atoms with Gasteiger partial charge in [0.05, 0.1) is 12.0 Å². The summed E-state index contributed by atoms with van der Waals surface area (Å²) in [6.45, 7) is 3.99. The van der Waals surface area contributed by atoms with E-state index in [1.54, 1.807) is 0 Å². The van der Waals surface area contributed by atoms with Crippen molar-refractivity contribution in [2.75, 3.05) is 0 Å². The Morgan fingerprint density at radius 3 is 2.67 bits per heavy atom. The number of aryl methyl sites for hydroxylation is 2. The zero-order valence-electron chi connectivity index (χ0n) is 6.90. The van der Waals surface area contributed by atoms with Crippen LogP contribution in [0.3, 0.4) is 0 Å². The highest BCUT2D eigenvalue weighted by Gasteiger charge is 1.99. The number of hydrogen-bond acceptors (Lipinski definition) is 4. The Morgan fingerprint density at radius 2 is 2.08 bits per heavy atom. The van der Waals surface area contributed by atoms with Crippen LogP contribution in [-0.2, 0) is 9.37 Å². The summed E-state index contributed by atoms with van der Waals surface area (Å²) in [5.74, 6) is 0. The van der Waals surface area contributed by atoms with E-state index in [0.29, 0.717) is 0 Å². The van der Waals surface area contributed by atoms with Crippen LogP contribution in [0.25, 0.3) is 0 Å². The third-order valence-electron chi connectivity index (χ3n) is 1.48. The third kappa shape index (κ3) is 2.49. The zero-order valence-corrected chi connectivity index (χ0v) is 7.72. The van der Waals surface area contributed by atoms with Crippen LogP contribution >= 0.6 is 12.0 Å². The van der Waals surface area contributed by atoms with Gasteiger partial charge in [0.25, 0.3) is 0 Å². The van der Waals surface area contributed by atoms with E-state index in [2.05, 4.69) is 9.37 Å². The van der Waals surface area contributed by atoms with Gasteiger partial charge in [0.2, 0.25) is 0 Å². The Bertz CT molecular complexity index is 262. The highest BCUT2D eigenvalue weighted by atomic mass is 32.2. The van der Waals surface area contributed by atoms with E-state index in [1.807, 2.05) is 32.0 Å². The van der Waals surface area contributed by atoms with Crippen molar-refractivity contribution in [3.8, 4) is 0 Å². The largest absolute Gasteiger partial charge is 0.220 e. The molecule has 0 aliphatic carbocycles. The molecule has 4 heteroatoms. The van der Waals surface area contributed by atoms with Crippen molar-refractivity contribution in [1.82, 2.24) is 0 Å². The first-order valence-corrected chi connectivity index (χ1v) is 4.20. The lowest BCUT2D eigenvalue weighted by Gasteiger charge is -2.02. The third-order valence-corrected chi connectivity index (χ3v) is 2.25. The molecular formula is C8H10O3S. The van der Waals surface area contributed by atoms with Crippen LogP contribution in [-0.4, -0.2) is 5.26 Å². The lowest BCUT2D eigenvalue weighted by Crippen LogP contribution is -1.83. The molecule has 0 spiro atoms. The summed E-state index contributed by atoms with van der Waals surface area (Å²) in [5.41, 5.74) is 2.29. The van der Waals surface area contributed by atoms with Crippen LogP contribution in [0.15, 0.2) is 23.1 Å². The van der Waals surface area contributed by atoms with Gasteiger partial charge >= 0.3 is 0 Å². The van der Waals surface area contributed by atoms with Crippen molar-refractivity contribution < 1.29 is 14.6 Å². The standard InChI is InChI=1S/C8H10O3S/c1-6-3-4-8(7(2)5-6)12-11-10-9/h3-5,9H,1-2H3. The lowest BCUT2D eigenvalue weighted by molar-refractivity contribution is -0.432. The summed E-state index contributed by atoms with van der Waals surface area (Å²) >= 11 is 0.984. The number of hydrogen-bond donors (Lipinski definition) is 1. The van der Waals surface area contributed by atoms with E-state index < -0.39 is 0 Å². The molecule has 1 aromatic rings. The van der Waals surface area contributed by atoms with Crippen LogP contribution in [0.4, 0.5) is 0 Å². The molecule has 0 fully saturated rings. The first-order valence-electron chi connectivity index (χ1n) is 3.46. The summed E-state index contributed by atoms with van der Waals surface area (Å²) in [6.07, 6.45) is 0. The molecule has 12 heavy (non-hydrogen) atoms.